The van der Waals surface area contributed by atoms with E-state index in [1.54, 1.807) is 0 Å². The van der Waals surface area contributed by atoms with E-state index in [0.717, 1.165) is 17.8 Å². The average molecular weight is 300 g/mol. The SMILES string of the molecule is CC(C)c1csc(C(N)c2ccc(C(F)(F)F)cc2)n1. The molecular formula is C14H15F3N2S. The zero-order chi connectivity index (χ0) is 14.9. The molecule has 2 aromatic rings. The molecule has 6 heteroatoms. The summed E-state index contributed by atoms with van der Waals surface area (Å²) in [6.45, 7) is 4.06. The summed E-state index contributed by atoms with van der Waals surface area (Å²) in [5, 5.41) is 2.65. The van der Waals surface area contributed by atoms with E-state index < -0.39 is 17.8 Å². The van der Waals surface area contributed by atoms with E-state index >= 15 is 0 Å². The first-order chi connectivity index (χ1) is 9.29. The quantitative estimate of drug-likeness (QED) is 0.916. The van der Waals surface area contributed by atoms with Gasteiger partial charge in [-0.2, -0.15) is 13.2 Å². The molecule has 0 aliphatic heterocycles. The van der Waals surface area contributed by atoms with Gasteiger partial charge in [-0.25, -0.2) is 4.98 Å². The molecular weight excluding hydrogens is 285 g/mol. The minimum absolute atomic E-state index is 0.305. The van der Waals surface area contributed by atoms with Crippen LogP contribution in [0.3, 0.4) is 0 Å². The van der Waals surface area contributed by atoms with Gasteiger partial charge in [-0.05, 0) is 23.6 Å². The van der Waals surface area contributed by atoms with E-state index in [1.165, 1.54) is 23.5 Å². The summed E-state index contributed by atoms with van der Waals surface area (Å²) >= 11 is 1.43. The van der Waals surface area contributed by atoms with Gasteiger partial charge in [0.25, 0.3) is 0 Å². The predicted molar refractivity (Wildman–Crippen MR) is 73.7 cm³/mol. The number of thiazole rings is 1. The first-order valence-corrected chi connectivity index (χ1v) is 7.05. The Morgan fingerprint density at radius 2 is 1.75 bits per heavy atom. The molecule has 1 aromatic carbocycles. The second kappa shape index (κ2) is 5.54. The summed E-state index contributed by atoms with van der Waals surface area (Å²) in [5.74, 6) is 0.305. The van der Waals surface area contributed by atoms with Gasteiger partial charge in [-0.1, -0.05) is 26.0 Å². The Balaban J connectivity index is 2.22. The van der Waals surface area contributed by atoms with E-state index in [1.807, 2.05) is 19.2 Å². The number of hydrogen-bond acceptors (Lipinski definition) is 3. The summed E-state index contributed by atoms with van der Waals surface area (Å²) < 4.78 is 37.5. The van der Waals surface area contributed by atoms with E-state index in [4.69, 9.17) is 5.73 Å². The summed E-state index contributed by atoms with van der Waals surface area (Å²) in [4.78, 5) is 4.43. The molecule has 0 bridgehead atoms. The van der Waals surface area contributed by atoms with Crippen LogP contribution < -0.4 is 5.73 Å². The van der Waals surface area contributed by atoms with Crippen LogP contribution >= 0.6 is 11.3 Å². The fourth-order valence-corrected chi connectivity index (χ4v) is 2.74. The van der Waals surface area contributed by atoms with Crippen LogP contribution in [0.1, 0.15) is 47.6 Å². The molecule has 0 aliphatic carbocycles. The van der Waals surface area contributed by atoms with Crippen molar-refractivity contribution in [2.45, 2.75) is 32.0 Å². The molecule has 1 unspecified atom stereocenters. The van der Waals surface area contributed by atoms with Gasteiger partial charge < -0.3 is 5.73 Å². The fourth-order valence-electron chi connectivity index (χ4n) is 1.73. The number of rotatable bonds is 3. The van der Waals surface area contributed by atoms with Gasteiger partial charge in [0.15, 0.2) is 0 Å². The summed E-state index contributed by atoms with van der Waals surface area (Å²) in [7, 11) is 0. The number of halogens is 3. The van der Waals surface area contributed by atoms with Crippen molar-refractivity contribution >= 4 is 11.3 Å². The molecule has 108 valence electrons. The molecule has 2 rings (SSSR count). The number of nitrogens with two attached hydrogens (primary N) is 1. The van der Waals surface area contributed by atoms with Crippen molar-refractivity contribution in [2.75, 3.05) is 0 Å². The average Bonchev–Trinajstić information content (AvgIpc) is 2.86. The van der Waals surface area contributed by atoms with Crippen LogP contribution in [0.15, 0.2) is 29.6 Å². The van der Waals surface area contributed by atoms with Gasteiger partial charge in [0.2, 0.25) is 0 Å². The van der Waals surface area contributed by atoms with Crippen molar-refractivity contribution < 1.29 is 13.2 Å². The minimum atomic E-state index is -4.32. The van der Waals surface area contributed by atoms with Gasteiger partial charge in [-0.15, -0.1) is 11.3 Å². The van der Waals surface area contributed by atoms with Crippen molar-refractivity contribution in [2.24, 2.45) is 5.73 Å². The normalized spacial score (nSPS) is 13.8. The molecule has 0 radical (unpaired) electrons. The lowest BCUT2D eigenvalue weighted by atomic mass is 10.1. The van der Waals surface area contributed by atoms with E-state index in [2.05, 4.69) is 4.98 Å². The van der Waals surface area contributed by atoms with Crippen LogP contribution in [0.5, 0.6) is 0 Å². The Bertz CT molecular complexity index is 573. The lowest BCUT2D eigenvalue weighted by Crippen LogP contribution is -2.12. The second-order valence-corrected chi connectivity index (χ2v) is 5.75. The Hall–Kier alpha value is -1.40. The molecule has 2 nitrogen and oxygen atoms in total. The molecule has 20 heavy (non-hydrogen) atoms. The first-order valence-electron chi connectivity index (χ1n) is 6.17. The molecule has 1 atom stereocenters. The van der Waals surface area contributed by atoms with Crippen LogP contribution in [0.4, 0.5) is 13.2 Å². The van der Waals surface area contributed by atoms with Gasteiger partial charge in [0, 0.05) is 5.38 Å². The first kappa shape index (κ1) is 15.0. The fraction of sp³-hybridized carbons (Fsp3) is 0.357. The molecule has 2 N–H and O–H groups in total. The van der Waals surface area contributed by atoms with Crippen molar-refractivity contribution in [3.05, 3.63) is 51.5 Å². The topological polar surface area (TPSA) is 38.9 Å². The molecule has 0 aliphatic rings. The largest absolute Gasteiger partial charge is 0.416 e. The van der Waals surface area contributed by atoms with Crippen molar-refractivity contribution in [1.29, 1.82) is 0 Å². The Labute approximate surface area is 119 Å². The molecule has 0 amide bonds. The van der Waals surface area contributed by atoms with Gasteiger partial charge in [0.1, 0.15) is 5.01 Å². The monoisotopic (exact) mass is 300 g/mol. The number of alkyl halides is 3. The number of benzene rings is 1. The molecule has 0 fully saturated rings. The van der Waals surface area contributed by atoms with Gasteiger partial charge in [0.05, 0.1) is 17.3 Å². The van der Waals surface area contributed by atoms with E-state index in [9.17, 15) is 13.2 Å². The third-order valence-corrected chi connectivity index (χ3v) is 3.94. The standard InChI is InChI=1S/C14H15F3N2S/c1-8(2)11-7-20-13(19-11)12(18)9-3-5-10(6-4-9)14(15,16)17/h3-8,12H,18H2,1-2H3. The number of aromatic nitrogens is 1. The third-order valence-electron chi connectivity index (χ3n) is 2.99. The highest BCUT2D eigenvalue weighted by Crippen LogP contribution is 2.31. The Kier molecular flexibility index (Phi) is 4.15. The highest BCUT2D eigenvalue weighted by atomic mass is 32.1. The summed E-state index contributed by atoms with van der Waals surface area (Å²) in [6.07, 6.45) is -4.32. The molecule has 0 saturated carbocycles. The smallest absolute Gasteiger partial charge is 0.318 e. The molecule has 0 saturated heterocycles. The van der Waals surface area contributed by atoms with Crippen molar-refractivity contribution in [3.8, 4) is 0 Å². The van der Waals surface area contributed by atoms with Crippen LogP contribution in [-0.4, -0.2) is 4.98 Å². The van der Waals surface area contributed by atoms with Gasteiger partial charge >= 0.3 is 6.18 Å². The summed E-state index contributed by atoms with van der Waals surface area (Å²) in [6, 6.07) is 4.42. The number of hydrogen-bond donors (Lipinski definition) is 1. The van der Waals surface area contributed by atoms with E-state index in [0.29, 0.717) is 16.5 Å². The molecule has 0 spiro atoms. The maximum atomic E-state index is 12.5. The maximum absolute atomic E-state index is 12.5. The third kappa shape index (κ3) is 3.19. The predicted octanol–water partition coefficient (Wildman–Crippen LogP) is 4.33. The maximum Gasteiger partial charge on any atom is 0.416 e. The number of nitrogens with zero attached hydrogens (tertiary/aromatic N) is 1. The lowest BCUT2D eigenvalue weighted by Gasteiger charge is -2.11. The Morgan fingerprint density at radius 1 is 1.15 bits per heavy atom. The van der Waals surface area contributed by atoms with Crippen LogP contribution in [0, 0.1) is 0 Å². The van der Waals surface area contributed by atoms with Crippen molar-refractivity contribution in [3.63, 3.8) is 0 Å². The van der Waals surface area contributed by atoms with Crippen LogP contribution in [0.2, 0.25) is 0 Å². The minimum Gasteiger partial charge on any atom is -0.318 e. The van der Waals surface area contributed by atoms with E-state index in [-0.39, 0.29) is 0 Å². The summed E-state index contributed by atoms with van der Waals surface area (Å²) in [5.41, 5.74) is 6.96. The zero-order valence-electron chi connectivity index (χ0n) is 11.1. The zero-order valence-corrected chi connectivity index (χ0v) is 11.9. The highest BCUT2D eigenvalue weighted by Gasteiger charge is 2.30. The van der Waals surface area contributed by atoms with Crippen molar-refractivity contribution in [1.82, 2.24) is 4.98 Å². The van der Waals surface area contributed by atoms with Crippen LogP contribution in [0.25, 0.3) is 0 Å². The molecule has 1 aromatic heterocycles. The molecule has 1 heterocycles. The van der Waals surface area contributed by atoms with Crippen LogP contribution in [-0.2, 0) is 6.18 Å². The lowest BCUT2D eigenvalue weighted by molar-refractivity contribution is -0.137. The highest BCUT2D eigenvalue weighted by molar-refractivity contribution is 7.09. The second-order valence-electron chi connectivity index (χ2n) is 4.86. The Morgan fingerprint density at radius 3 is 2.20 bits per heavy atom. The van der Waals surface area contributed by atoms with Gasteiger partial charge in [-0.3, -0.25) is 0 Å².